The van der Waals surface area contributed by atoms with Crippen molar-refractivity contribution >= 4 is 33.2 Å². The van der Waals surface area contributed by atoms with Crippen molar-refractivity contribution in [3.63, 3.8) is 0 Å². The Morgan fingerprint density at radius 1 is 1.17 bits per heavy atom. The molecule has 1 amide bonds. The molecule has 0 bridgehead atoms. The molecule has 2 rings (SSSR count). The third-order valence-corrected chi connectivity index (χ3v) is 3.03. The summed E-state index contributed by atoms with van der Waals surface area (Å²) in [5.41, 5.74) is 7.00. The van der Waals surface area contributed by atoms with Gasteiger partial charge in [0.15, 0.2) is 0 Å². The van der Waals surface area contributed by atoms with Gasteiger partial charge in [0.05, 0.1) is 5.56 Å². The second kappa shape index (κ2) is 5.18. The minimum absolute atomic E-state index is 0.242. The number of carbonyl (C=O) groups excluding carboxylic acids is 1. The summed E-state index contributed by atoms with van der Waals surface area (Å²) < 4.78 is 13.6. The Morgan fingerprint density at radius 3 is 2.50 bits per heavy atom. The molecule has 0 saturated carbocycles. The Labute approximate surface area is 112 Å². The molecule has 2 aromatic rings. The monoisotopic (exact) mass is 308 g/mol. The predicted molar refractivity (Wildman–Crippen MR) is 72.9 cm³/mol. The van der Waals surface area contributed by atoms with Crippen LogP contribution in [0.5, 0.6) is 0 Å². The van der Waals surface area contributed by atoms with Crippen molar-refractivity contribution in [2.24, 2.45) is 0 Å². The zero-order valence-electron chi connectivity index (χ0n) is 9.28. The highest BCUT2D eigenvalue weighted by Gasteiger charge is 2.11. The van der Waals surface area contributed by atoms with E-state index in [9.17, 15) is 9.18 Å². The van der Waals surface area contributed by atoms with Crippen molar-refractivity contribution in [2.75, 3.05) is 11.1 Å². The van der Waals surface area contributed by atoms with Crippen molar-refractivity contribution in [1.29, 1.82) is 0 Å². The van der Waals surface area contributed by atoms with E-state index in [1.54, 1.807) is 24.3 Å². The normalized spacial score (nSPS) is 10.1. The van der Waals surface area contributed by atoms with Gasteiger partial charge >= 0.3 is 0 Å². The molecule has 0 fully saturated rings. The fraction of sp³-hybridized carbons (Fsp3) is 0. The van der Waals surface area contributed by atoms with E-state index in [0.717, 1.165) is 0 Å². The van der Waals surface area contributed by atoms with Crippen LogP contribution in [-0.2, 0) is 0 Å². The number of halogens is 2. The number of amides is 1. The molecule has 0 spiro atoms. The van der Waals surface area contributed by atoms with Crippen LogP contribution in [0.15, 0.2) is 46.9 Å². The first-order valence-corrected chi connectivity index (χ1v) is 5.97. The lowest BCUT2D eigenvalue weighted by molar-refractivity contribution is 0.102. The summed E-state index contributed by atoms with van der Waals surface area (Å²) in [6.45, 7) is 0. The van der Waals surface area contributed by atoms with Gasteiger partial charge in [-0.1, -0.05) is 0 Å². The molecule has 92 valence electrons. The van der Waals surface area contributed by atoms with E-state index < -0.39 is 5.82 Å². The highest BCUT2D eigenvalue weighted by molar-refractivity contribution is 9.10. The lowest BCUT2D eigenvalue weighted by Gasteiger charge is -2.07. The van der Waals surface area contributed by atoms with Gasteiger partial charge in [-0.3, -0.25) is 4.79 Å². The lowest BCUT2D eigenvalue weighted by Crippen LogP contribution is -2.12. The first kappa shape index (κ1) is 12.6. The number of hydrogen-bond donors (Lipinski definition) is 2. The minimum atomic E-state index is -0.458. The number of nitrogens with one attached hydrogen (secondary N) is 1. The summed E-state index contributed by atoms with van der Waals surface area (Å²) in [6, 6.07) is 10.7. The largest absolute Gasteiger partial charge is 0.399 e. The smallest absolute Gasteiger partial charge is 0.256 e. The Kier molecular flexibility index (Phi) is 3.62. The highest BCUT2D eigenvalue weighted by atomic mass is 79.9. The molecule has 0 radical (unpaired) electrons. The van der Waals surface area contributed by atoms with Crippen LogP contribution in [0.4, 0.5) is 15.8 Å². The SMILES string of the molecule is Nc1ccc(NC(=O)c2cc(F)ccc2Br)cc1. The summed E-state index contributed by atoms with van der Waals surface area (Å²) in [6.07, 6.45) is 0. The van der Waals surface area contributed by atoms with Crippen LogP contribution in [-0.4, -0.2) is 5.91 Å². The maximum Gasteiger partial charge on any atom is 0.256 e. The topological polar surface area (TPSA) is 55.1 Å². The van der Waals surface area contributed by atoms with Crippen LogP contribution in [0, 0.1) is 5.82 Å². The maximum absolute atomic E-state index is 13.1. The predicted octanol–water partition coefficient (Wildman–Crippen LogP) is 3.42. The summed E-state index contributed by atoms with van der Waals surface area (Å²) in [5, 5.41) is 2.66. The molecule has 2 aromatic carbocycles. The molecule has 18 heavy (non-hydrogen) atoms. The van der Waals surface area contributed by atoms with Crippen LogP contribution in [0.1, 0.15) is 10.4 Å². The van der Waals surface area contributed by atoms with Crippen LogP contribution in [0.2, 0.25) is 0 Å². The molecule has 3 N–H and O–H groups in total. The second-order valence-electron chi connectivity index (χ2n) is 3.70. The number of anilines is 2. The van der Waals surface area contributed by atoms with Gasteiger partial charge in [-0.25, -0.2) is 4.39 Å². The number of rotatable bonds is 2. The highest BCUT2D eigenvalue weighted by Crippen LogP contribution is 2.19. The molecular formula is C13H10BrFN2O. The molecule has 0 atom stereocenters. The third kappa shape index (κ3) is 2.87. The van der Waals surface area contributed by atoms with Crippen molar-refractivity contribution < 1.29 is 9.18 Å². The number of benzene rings is 2. The number of hydrogen-bond acceptors (Lipinski definition) is 2. The average molecular weight is 309 g/mol. The first-order valence-electron chi connectivity index (χ1n) is 5.18. The van der Waals surface area contributed by atoms with E-state index in [0.29, 0.717) is 15.8 Å². The molecule has 3 nitrogen and oxygen atoms in total. The van der Waals surface area contributed by atoms with E-state index >= 15 is 0 Å². The summed E-state index contributed by atoms with van der Waals surface area (Å²) in [7, 11) is 0. The fourth-order valence-electron chi connectivity index (χ4n) is 1.44. The van der Waals surface area contributed by atoms with Gasteiger partial charge < -0.3 is 11.1 Å². The summed E-state index contributed by atoms with van der Waals surface area (Å²) >= 11 is 3.21. The van der Waals surface area contributed by atoms with E-state index in [-0.39, 0.29) is 11.5 Å². The van der Waals surface area contributed by atoms with Gasteiger partial charge in [-0.05, 0) is 58.4 Å². The van der Waals surface area contributed by atoms with Crippen LogP contribution < -0.4 is 11.1 Å². The second-order valence-corrected chi connectivity index (χ2v) is 4.55. The minimum Gasteiger partial charge on any atom is -0.399 e. The Balaban J connectivity index is 2.21. The zero-order valence-corrected chi connectivity index (χ0v) is 10.9. The maximum atomic E-state index is 13.1. The number of nitrogen functional groups attached to an aromatic ring is 1. The zero-order chi connectivity index (χ0) is 13.1. The van der Waals surface area contributed by atoms with Gasteiger partial charge in [0.2, 0.25) is 0 Å². The summed E-state index contributed by atoms with van der Waals surface area (Å²) in [5.74, 6) is -0.841. The Hall–Kier alpha value is -1.88. The quantitative estimate of drug-likeness (QED) is 0.835. The first-order chi connectivity index (χ1) is 8.56. The van der Waals surface area contributed by atoms with Crippen LogP contribution in [0.25, 0.3) is 0 Å². The van der Waals surface area contributed by atoms with Crippen LogP contribution in [0.3, 0.4) is 0 Å². The molecular weight excluding hydrogens is 299 g/mol. The molecule has 0 aliphatic heterocycles. The van der Waals surface area contributed by atoms with Gasteiger partial charge in [0.25, 0.3) is 5.91 Å². The number of nitrogens with two attached hydrogens (primary N) is 1. The average Bonchev–Trinajstić information content (AvgIpc) is 2.35. The van der Waals surface area contributed by atoms with Crippen LogP contribution >= 0.6 is 15.9 Å². The van der Waals surface area contributed by atoms with Gasteiger partial charge in [-0.2, -0.15) is 0 Å². The van der Waals surface area contributed by atoms with Gasteiger partial charge in [-0.15, -0.1) is 0 Å². The standard InChI is InChI=1S/C13H10BrFN2O/c14-12-6-1-8(15)7-11(12)13(18)17-10-4-2-9(16)3-5-10/h1-7H,16H2,(H,17,18). The third-order valence-electron chi connectivity index (χ3n) is 2.34. The van der Waals surface area contributed by atoms with Crippen molar-refractivity contribution in [3.8, 4) is 0 Å². The molecule has 0 aromatic heterocycles. The fourth-order valence-corrected chi connectivity index (χ4v) is 1.86. The van der Waals surface area contributed by atoms with Crippen molar-refractivity contribution in [1.82, 2.24) is 0 Å². The lowest BCUT2D eigenvalue weighted by atomic mass is 10.2. The van der Waals surface area contributed by atoms with E-state index in [4.69, 9.17) is 5.73 Å². The number of carbonyl (C=O) groups is 1. The van der Waals surface area contributed by atoms with E-state index in [1.807, 2.05) is 0 Å². The molecule has 0 heterocycles. The molecule has 5 heteroatoms. The Bertz CT molecular complexity index is 584. The molecule has 0 aliphatic carbocycles. The molecule has 0 aliphatic rings. The van der Waals surface area contributed by atoms with Crippen molar-refractivity contribution in [2.45, 2.75) is 0 Å². The van der Waals surface area contributed by atoms with Crippen molar-refractivity contribution in [3.05, 3.63) is 58.3 Å². The van der Waals surface area contributed by atoms with E-state index in [1.165, 1.54) is 18.2 Å². The molecule has 0 unspecified atom stereocenters. The van der Waals surface area contributed by atoms with Gasteiger partial charge in [0, 0.05) is 15.8 Å². The molecule has 0 saturated heterocycles. The van der Waals surface area contributed by atoms with E-state index in [2.05, 4.69) is 21.2 Å². The van der Waals surface area contributed by atoms with Gasteiger partial charge in [0.1, 0.15) is 5.82 Å². The Morgan fingerprint density at radius 2 is 1.83 bits per heavy atom. The summed E-state index contributed by atoms with van der Waals surface area (Å²) in [4.78, 5) is 11.9.